The highest BCUT2D eigenvalue weighted by Gasteiger charge is 2.24. The number of ether oxygens (including phenoxy) is 3. The molecule has 1 saturated heterocycles. The summed E-state index contributed by atoms with van der Waals surface area (Å²) in [6.45, 7) is 1.46. The van der Waals surface area contributed by atoms with E-state index in [1.807, 2.05) is 4.90 Å². The minimum absolute atomic E-state index is 0.0209. The Balaban J connectivity index is 1.52. The van der Waals surface area contributed by atoms with Crippen molar-refractivity contribution in [2.24, 2.45) is 0 Å². The van der Waals surface area contributed by atoms with Gasteiger partial charge in [-0.1, -0.05) is 12.1 Å². The third-order valence-corrected chi connectivity index (χ3v) is 5.36. The van der Waals surface area contributed by atoms with Gasteiger partial charge >= 0.3 is 0 Å². The Morgan fingerprint density at radius 2 is 1.66 bits per heavy atom. The SMILES string of the molecule is COc1cc(C(=O)NC2CCN(CC(=O)Nc3ccccc3F)CC2)cc(OC)c1OC. The lowest BCUT2D eigenvalue weighted by molar-refractivity contribution is -0.117. The maximum atomic E-state index is 13.7. The number of amides is 2. The van der Waals surface area contributed by atoms with Crippen LogP contribution in [-0.4, -0.2) is 63.7 Å². The summed E-state index contributed by atoms with van der Waals surface area (Å²) in [5.74, 6) is 0.276. The molecule has 2 aromatic rings. The molecule has 2 amide bonds. The van der Waals surface area contributed by atoms with Gasteiger partial charge in [0.05, 0.1) is 33.6 Å². The van der Waals surface area contributed by atoms with Gasteiger partial charge in [0.1, 0.15) is 5.82 Å². The number of methoxy groups -OCH3 is 3. The number of piperidine rings is 1. The lowest BCUT2D eigenvalue weighted by atomic mass is 10.0. The second kappa shape index (κ2) is 10.8. The zero-order chi connectivity index (χ0) is 23.1. The number of halogens is 1. The number of nitrogens with one attached hydrogen (secondary N) is 2. The summed E-state index contributed by atoms with van der Waals surface area (Å²) in [6, 6.07) is 9.27. The van der Waals surface area contributed by atoms with Gasteiger partial charge in [-0.2, -0.15) is 0 Å². The van der Waals surface area contributed by atoms with Crippen LogP contribution in [0.1, 0.15) is 23.2 Å². The van der Waals surface area contributed by atoms with E-state index in [1.54, 1.807) is 24.3 Å². The first-order valence-corrected chi connectivity index (χ1v) is 10.3. The van der Waals surface area contributed by atoms with Crippen molar-refractivity contribution in [2.45, 2.75) is 18.9 Å². The van der Waals surface area contributed by atoms with Gasteiger partial charge in [-0.25, -0.2) is 4.39 Å². The molecule has 1 heterocycles. The summed E-state index contributed by atoms with van der Waals surface area (Å²) < 4.78 is 29.6. The van der Waals surface area contributed by atoms with Gasteiger partial charge in [0, 0.05) is 24.7 Å². The maximum absolute atomic E-state index is 13.7. The van der Waals surface area contributed by atoms with Crippen LogP contribution in [0.15, 0.2) is 36.4 Å². The molecule has 9 heteroatoms. The van der Waals surface area contributed by atoms with Crippen molar-refractivity contribution >= 4 is 17.5 Å². The number of para-hydroxylation sites is 1. The quantitative estimate of drug-likeness (QED) is 0.650. The third-order valence-electron chi connectivity index (χ3n) is 5.36. The highest BCUT2D eigenvalue weighted by atomic mass is 19.1. The Kier molecular flexibility index (Phi) is 7.88. The molecule has 2 aromatic carbocycles. The second-order valence-electron chi connectivity index (χ2n) is 7.47. The molecule has 3 rings (SSSR count). The van der Waals surface area contributed by atoms with E-state index in [0.29, 0.717) is 48.7 Å². The van der Waals surface area contributed by atoms with Crippen LogP contribution >= 0.6 is 0 Å². The van der Waals surface area contributed by atoms with Crippen molar-refractivity contribution in [3.8, 4) is 17.2 Å². The van der Waals surface area contributed by atoms with Crippen LogP contribution in [0.3, 0.4) is 0 Å². The van der Waals surface area contributed by atoms with Gasteiger partial charge < -0.3 is 24.8 Å². The number of hydrogen-bond donors (Lipinski definition) is 2. The summed E-state index contributed by atoms with van der Waals surface area (Å²) in [6.07, 6.45) is 1.40. The van der Waals surface area contributed by atoms with Crippen molar-refractivity contribution in [3.63, 3.8) is 0 Å². The molecule has 1 fully saturated rings. The molecule has 0 radical (unpaired) electrons. The van der Waals surface area contributed by atoms with E-state index in [-0.39, 0.29) is 30.1 Å². The minimum Gasteiger partial charge on any atom is -0.493 e. The van der Waals surface area contributed by atoms with Crippen LogP contribution in [-0.2, 0) is 4.79 Å². The lowest BCUT2D eigenvalue weighted by Crippen LogP contribution is -2.46. The summed E-state index contributed by atoms with van der Waals surface area (Å²) in [7, 11) is 4.50. The fourth-order valence-corrected chi connectivity index (χ4v) is 3.67. The van der Waals surface area contributed by atoms with Crippen LogP contribution in [0, 0.1) is 5.82 Å². The molecule has 1 aliphatic heterocycles. The highest BCUT2D eigenvalue weighted by Crippen LogP contribution is 2.38. The molecule has 0 aliphatic carbocycles. The number of anilines is 1. The lowest BCUT2D eigenvalue weighted by Gasteiger charge is -2.32. The molecule has 0 aromatic heterocycles. The van der Waals surface area contributed by atoms with Crippen LogP contribution in [0.2, 0.25) is 0 Å². The fraction of sp³-hybridized carbons (Fsp3) is 0.391. The smallest absolute Gasteiger partial charge is 0.251 e. The number of benzene rings is 2. The van der Waals surface area contributed by atoms with Gasteiger partial charge in [0.15, 0.2) is 11.5 Å². The van der Waals surface area contributed by atoms with Crippen LogP contribution in [0.4, 0.5) is 10.1 Å². The molecule has 8 nitrogen and oxygen atoms in total. The molecule has 32 heavy (non-hydrogen) atoms. The molecule has 0 bridgehead atoms. The average molecular weight is 445 g/mol. The van der Waals surface area contributed by atoms with Crippen LogP contribution in [0.25, 0.3) is 0 Å². The first-order valence-electron chi connectivity index (χ1n) is 10.3. The first-order chi connectivity index (χ1) is 15.4. The van der Waals surface area contributed by atoms with Crippen molar-refractivity contribution in [3.05, 3.63) is 47.8 Å². The number of rotatable bonds is 8. The van der Waals surface area contributed by atoms with Crippen LogP contribution in [0.5, 0.6) is 17.2 Å². The van der Waals surface area contributed by atoms with E-state index < -0.39 is 5.82 Å². The maximum Gasteiger partial charge on any atom is 0.251 e. The molecular weight excluding hydrogens is 417 g/mol. The number of hydrogen-bond acceptors (Lipinski definition) is 6. The molecule has 1 aliphatic rings. The second-order valence-corrected chi connectivity index (χ2v) is 7.47. The molecular formula is C23H28FN3O5. The summed E-state index contributed by atoms with van der Waals surface area (Å²) in [4.78, 5) is 27.0. The molecule has 0 atom stereocenters. The van der Waals surface area contributed by atoms with Crippen molar-refractivity contribution < 1.29 is 28.2 Å². The Labute approximate surface area is 186 Å². The zero-order valence-electron chi connectivity index (χ0n) is 18.4. The third kappa shape index (κ3) is 5.67. The van der Waals surface area contributed by atoms with E-state index in [2.05, 4.69) is 10.6 Å². The number of nitrogens with zero attached hydrogens (tertiary/aromatic N) is 1. The van der Waals surface area contributed by atoms with Crippen molar-refractivity contribution in [1.29, 1.82) is 0 Å². The summed E-state index contributed by atoms with van der Waals surface area (Å²) >= 11 is 0. The number of carbonyl (C=O) groups excluding carboxylic acids is 2. The molecule has 0 saturated carbocycles. The molecule has 2 N–H and O–H groups in total. The normalized spacial score (nSPS) is 14.5. The summed E-state index contributed by atoms with van der Waals surface area (Å²) in [5, 5.41) is 5.62. The largest absolute Gasteiger partial charge is 0.493 e. The minimum atomic E-state index is -0.464. The molecule has 0 spiro atoms. The van der Waals surface area contributed by atoms with E-state index in [9.17, 15) is 14.0 Å². The van der Waals surface area contributed by atoms with E-state index in [0.717, 1.165) is 0 Å². The van der Waals surface area contributed by atoms with Gasteiger partial charge in [-0.3, -0.25) is 14.5 Å². The zero-order valence-corrected chi connectivity index (χ0v) is 18.4. The van der Waals surface area contributed by atoms with E-state index >= 15 is 0 Å². The molecule has 172 valence electrons. The Hall–Kier alpha value is -3.33. The Morgan fingerprint density at radius 1 is 1.03 bits per heavy atom. The van der Waals surface area contributed by atoms with Gasteiger partial charge in [0.25, 0.3) is 5.91 Å². The first kappa shape index (κ1) is 23.3. The predicted octanol–water partition coefficient (Wildman–Crippen LogP) is 2.68. The number of carbonyl (C=O) groups is 2. The van der Waals surface area contributed by atoms with E-state index in [4.69, 9.17) is 14.2 Å². The summed E-state index contributed by atoms with van der Waals surface area (Å²) in [5.41, 5.74) is 0.580. The van der Waals surface area contributed by atoms with Gasteiger partial charge in [0.2, 0.25) is 11.7 Å². The Bertz CT molecular complexity index is 935. The van der Waals surface area contributed by atoms with Gasteiger partial charge in [-0.05, 0) is 37.1 Å². The average Bonchev–Trinajstić information content (AvgIpc) is 2.80. The highest BCUT2D eigenvalue weighted by molar-refractivity contribution is 5.96. The molecule has 0 unspecified atom stereocenters. The van der Waals surface area contributed by atoms with Crippen LogP contribution < -0.4 is 24.8 Å². The topological polar surface area (TPSA) is 89.1 Å². The standard InChI is InChI=1S/C23H28FN3O5/c1-30-19-12-15(13-20(31-2)22(19)32-3)23(29)25-16-8-10-27(11-9-16)14-21(28)26-18-7-5-4-6-17(18)24/h4-7,12-13,16H,8-11,14H2,1-3H3,(H,25,29)(H,26,28). The Morgan fingerprint density at radius 3 is 2.22 bits per heavy atom. The van der Waals surface area contributed by atoms with Crippen molar-refractivity contribution in [2.75, 3.05) is 46.3 Å². The monoisotopic (exact) mass is 445 g/mol. The van der Waals surface area contributed by atoms with E-state index in [1.165, 1.54) is 33.5 Å². The fourth-order valence-electron chi connectivity index (χ4n) is 3.67. The predicted molar refractivity (Wildman–Crippen MR) is 118 cm³/mol. The van der Waals surface area contributed by atoms with Crippen molar-refractivity contribution in [1.82, 2.24) is 10.2 Å². The van der Waals surface area contributed by atoms with Gasteiger partial charge in [-0.15, -0.1) is 0 Å². The number of likely N-dealkylation sites (tertiary alicyclic amines) is 1.